The quantitative estimate of drug-likeness (QED) is 0.658. The van der Waals surface area contributed by atoms with Gasteiger partial charge in [-0.15, -0.1) is 11.3 Å². The zero-order valence-corrected chi connectivity index (χ0v) is 14.1. The number of amides is 1. The molecule has 0 radical (unpaired) electrons. The predicted molar refractivity (Wildman–Crippen MR) is 96.4 cm³/mol. The topological polar surface area (TPSA) is 33.2 Å². The van der Waals surface area contributed by atoms with Gasteiger partial charge in [0.1, 0.15) is 0 Å². The first kappa shape index (κ1) is 15.7. The molecule has 1 aromatic heterocycles. The van der Waals surface area contributed by atoms with Crippen LogP contribution in [0.15, 0.2) is 60.0 Å². The van der Waals surface area contributed by atoms with Crippen molar-refractivity contribution in [2.75, 3.05) is 11.4 Å². The molecular formula is C18H15ClN2OS. The van der Waals surface area contributed by atoms with Crippen LogP contribution < -0.4 is 4.90 Å². The number of aromatic nitrogens is 1. The van der Waals surface area contributed by atoms with Crippen LogP contribution in [0.25, 0.3) is 11.3 Å². The highest BCUT2D eigenvalue weighted by Gasteiger charge is 2.19. The zero-order valence-electron chi connectivity index (χ0n) is 12.6. The number of carbonyl (C=O) groups excluding carboxylic acids is 1. The highest BCUT2D eigenvalue weighted by Crippen LogP contribution is 2.28. The van der Waals surface area contributed by atoms with E-state index < -0.39 is 0 Å². The number of anilines is 1. The summed E-state index contributed by atoms with van der Waals surface area (Å²) in [4.78, 5) is 19.0. The lowest BCUT2D eigenvalue weighted by atomic mass is 10.2. The fourth-order valence-electron chi connectivity index (χ4n) is 2.27. The van der Waals surface area contributed by atoms with Crippen LogP contribution >= 0.6 is 22.9 Å². The molecule has 0 atom stereocenters. The Labute approximate surface area is 144 Å². The summed E-state index contributed by atoms with van der Waals surface area (Å²) in [6, 6.07) is 16.9. The van der Waals surface area contributed by atoms with Gasteiger partial charge < -0.3 is 0 Å². The SMILES string of the molecule is CCN(C(=O)c1cccc(Cl)c1)c1nc(-c2ccccc2)cs1. The second kappa shape index (κ2) is 6.94. The van der Waals surface area contributed by atoms with E-state index in [0.717, 1.165) is 11.3 Å². The number of hydrogen-bond donors (Lipinski definition) is 0. The Hall–Kier alpha value is -2.17. The lowest BCUT2D eigenvalue weighted by Crippen LogP contribution is -2.30. The minimum Gasteiger partial charge on any atom is -0.284 e. The minimum atomic E-state index is -0.0936. The highest BCUT2D eigenvalue weighted by atomic mass is 35.5. The molecule has 1 heterocycles. The molecule has 0 aliphatic carbocycles. The van der Waals surface area contributed by atoms with E-state index in [-0.39, 0.29) is 5.91 Å². The maximum absolute atomic E-state index is 12.7. The maximum Gasteiger partial charge on any atom is 0.260 e. The minimum absolute atomic E-state index is 0.0936. The summed E-state index contributed by atoms with van der Waals surface area (Å²) in [5.41, 5.74) is 2.49. The van der Waals surface area contributed by atoms with Gasteiger partial charge in [0.15, 0.2) is 5.13 Å². The molecule has 0 unspecified atom stereocenters. The third-order valence-electron chi connectivity index (χ3n) is 3.43. The summed E-state index contributed by atoms with van der Waals surface area (Å²) in [5, 5.41) is 3.21. The van der Waals surface area contributed by atoms with E-state index in [2.05, 4.69) is 4.98 Å². The maximum atomic E-state index is 12.7. The van der Waals surface area contributed by atoms with Crippen LogP contribution in [0.5, 0.6) is 0 Å². The van der Waals surface area contributed by atoms with Crippen LogP contribution in [0.1, 0.15) is 17.3 Å². The Morgan fingerprint density at radius 2 is 1.96 bits per heavy atom. The molecule has 0 saturated heterocycles. The van der Waals surface area contributed by atoms with Gasteiger partial charge in [-0.2, -0.15) is 0 Å². The molecule has 3 rings (SSSR count). The van der Waals surface area contributed by atoms with Crippen molar-refractivity contribution in [1.29, 1.82) is 0 Å². The van der Waals surface area contributed by atoms with Gasteiger partial charge in [0.2, 0.25) is 0 Å². The fourth-order valence-corrected chi connectivity index (χ4v) is 3.36. The summed E-state index contributed by atoms with van der Waals surface area (Å²) in [5.74, 6) is -0.0936. The van der Waals surface area contributed by atoms with Crippen molar-refractivity contribution in [2.45, 2.75) is 6.92 Å². The lowest BCUT2D eigenvalue weighted by Gasteiger charge is -2.17. The summed E-state index contributed by atoms with van der Waals surface area (Å²) >= 11 is 7.45. The van der Waals surface area contributed by atoms with Crippen LogP contribution in [0.2, 0.25) is 5.02 Å². The fraction of sp³-hybridized carbons (Fsp3) is 0.111. The molecule has 5 heteroatoms. The molecule has 0 aliphatic rings. The van der Waals surface area contributed by atoms with E-state index in [4.69, 9.17) is 11.6 Å². The van der Waals surface area contributed by atoms with Crippen LogP contribution in [0.4, 0.5) is 5.13 Å². The molecule has 2 aromatic carbocycles. The van der Waals surface area contributed by atoms with Crippen molar-refractivity contribution < 1.29 is 4.79 Å². The number of hydrogen-bond acceptors (Lipinski definition) is 3. The molecule has 0 fully saturated rings. The van der Waals surface area contributed by atoms with E-state index >= 15 is 0 Å². The Morgan fingerprint density at radius 1 is 1.17 bits per heavy atom. The molecule has 1 amide bonds. The largest absolute Gasteiger partial charge is 0.284 e. The zero-order chi connectivity index (χ0) is 16.2. The van der Waals surface area contributed by atoms with Crippen LogP contribution in [-0.2, 0) is 0 Å². The summed E-state index contributed by atoms with van der Waals surface area (Å²) in [6.07, 6.45) is 0. The number of benzene rings is 2. The van der Waals surface area contributed by atoms with E-state index in [1.54, 1.807) is 29.2 Å². The monoisotopic (exact) mass is 342 g/mol. The van der Waals surface area contributed by atoms with E-state index in [9.17, 15) is 4.79 Å². The van der Waals surface area contributed by atoms with Crippen molar-refractivity contribution >= 4 is 34.0 Å². The van der Waals surface area contributed by atoms with Gasteiger partial charge in [-0.05, 0) is 25.1 Å². The van der Waals surface area contributed by atoms with Crippen LogP contribution in [0.3, 0.4) is 0 Å². The third kappa shape index (κ3) is 3.44. The van der Waals surface area contributed by atoms with Crippen LogP contribution in [-0.4, -0.2) is 17.4 Å². The predicted octanol–water partition coefficient (Wildman–Crippen LogP) is 5.13. The first-order chi connectivity index (χ1) is 11.2. The smallest absolute Gasteiger partial charge is 0.260 e. The highest BCUT2D eigenvalue weighted by molar-refractivity contribution is 7.14. The molecular weight excluding hydrogens is 328 g/mol. The molecule has 3 nitrogen and oxygen atoms in total. The van der Waals surface area contributed by atoms with Gasteiger partial charge in [0.25, 0.3) is 5.91 Å². The molecule has 23 heavy (non-hydrogen) atoms. The third-order valence-corrected chi connectivity index (χ3v) is 4.52. The standard InChI is InChI=1S/C18H15ClN2OS/c1-2-21(17(22)14-9-6-10-15(19)11-14)18-20-16(12-23-18)13-7-4-3-5-8-13/h3-12H,2H2,1H3. The van der Waals surface area contributed by atoms with Crippen molar-refractivity contribution in [3.05, 3.63) is 70.6 Å². The van der Waals surface area contributed by atoms with E-state index in [1.165, 1.54) is 11.3 Å². The molecule has 0 aliphatic heterocycles. The Morgan fingerprint density at radius 3 is 2.65 bits per heavy atom. The molecule has 0 N–H and O–H groups in total. The molecule has 116 valence electrons. The number of rotatable bonds is 4. The Bertz CT molecular complexity index is 817. The molecule has 0 spiro atoms. The first-order valence-corrected chi connectivity index (χ1v) is 8.53. The molecule has 0 saturated carbocycles. The Balaban J connectivity index is 1.90. The van der Waals surface area contributed by atoms with Crippen molar-refractivity contribution in [3.8, 4) is 11.3 Å². The van der Waals surface area contributed by atoms with Gasteiger partial charge in [-0.1, -0.05) is 48.0 Å². The van der Waals surface area contributed by atoms with Gasteiger partial charge in [-0.25, -0.2) is 4.98 Å². The number of halogens is 1. The van der Waals surface area contributed by atoms with Crippen molar-refractivity contribution in [2.24, 2.45) is 0 Å². The summed E-state index contributed by atoms with van der Waals surface area (Å²) in [7, 11) is 0. The van der Waals surface area contributed by atoms with Gasteiger partial charge >= 0.3 is 0 Å². The average molecular weight is 343 g/mol. The number of carbonyl (C=O) groups is 1. The number of thiazole rings is 1. The summed E-state index contributed by atoms with van der Waals surface area (Å²) < 4.78 is 0. The van der Waals surface area contributed by atoms with Gasteiger partial charge in [-0.3, -0.25) is 9.69 Å². The van der Waals surface area contributed by atoms with Gasteiger partial charge in [0, 0.05) is 28.1 Å². The van der Waals surface area contributed by atoms with Crippen LogP contribution in [0, 0.1) is 0 Å². The molecule has 0 bridgehead atoms. The summed E-state index contributed by atoms with van der Waals surface area (Å²) in [6.45, 7) is 2.49. The second-order valence-electron chi connectivity index (χ2n) is 4.94. The normalized spacial score (nSPS) is 10.5. The van der Waals surface area contributed by atoms with E-state index in [0.29, 0.717) is 22.3 Å². The molecule has 3 aromatic rings. The first-order valence-electron chi connectivity index (χ1n) is 7.27. The lowest BCUT2D eigenvalue weighted by molar-refractivity contribution is 0.0988. The average Bonchev–Trinajstić information content (AvgIpc) is 3.06. The Kier molecular flexibility index (Phi) is 4.74. The van der Waals surface area contributed by atoms with E-state index in [1.807, 2.05) is 42.6 Å². The van der Waals surface area contributed by atoms with Crippen molar-refractivity contribution in [3.63, 3.8) is 0 Å². The van der Waals surface area contributed by atoms with Crippen molar-refractivity contribution in [1.82, 2.24) is 4.98 Å². The number of nitrogens with zero attached hydrogens (tertiary/aromatic N) is 2. The second-order valence-corrected chi connectivity index (χ2v) is 6.21. The van der Waals surface area contributed by atoms with Gasteiger partial charge in [0.05, 0.1) is 5.69 Å².